The lowest BCUT2D eigenvalue weighted by atomic mass is 10.0. The first-order valence-corrected chi connectivity index (χ1v) is 5.11. The minimum atomic E-state index is -0.212. The quantitative estimate of drug-likeness (QED) is 0.944. The van der Waals surface area contributed by atoms with E-state index in [2.05, 4.69) is 4.98 Å². The number of rotatable bonds is 3. The van der Waals surface area contributed by atoms with Crippen LogP contribution in [0, 0.1) is 0 Å². The Morgan fingerprint density at radius 2 is 1.89 bits per heavy atom. The number of hydrogen-bond acceptors (Lipinski definition) is 3. The van der Waals surface area contributed by atoms with Crippen molar-refractivity contribution < 1.29 is 4.74 Å². The van der Waals surface area contributed by atoms with Crippen LogP contribution in [0.1, 0.15) is 17.3 Å². The molecule has 0 saturated carbocycles. The molecule has 0 aliphatic carbocycles. The summed E-state index contributed by atoms with van der Waals surface area (Å²) < 4.78 is 5.16. The van der Waals surface area contributed by atoms with Gasteiger partial charge in [0.05, 0.1) is 18.8 Å². The molecule has 2 aromatic rings. The minimum Gasteiger partial charge on any atom is -0.497 e. The molecule has 0 aliphatic heterocycles. The van der Waals surface area contributed by atoms with Crippen LogP contribution < -0.4 is 10.5 Å². The normalized spacial score (nSPS) is 10.8. The zero-order valence-electron chi connectivity index (χ0n) is 9.95. The number of benzene rings is 1. The van der Waals surface area contributed by atoms with Crippen LogP contribution in [0.15, 0.2) is 48.7 Å². The molecule has 1 atom stereocenters. The van der Waals surface area contributed by atoms with Crippen LogP contribution in [0.25, 0.3) is 0 Å². The summed E-state index contributed by atoms with van der Waals surface area (Å²) in [5, 5.41) is 0. The minimum absolute atomic E-state index is 0. The van der Waals surface area contributed by atoms with E-state index in [-0.39, 0.29) is 30.9 Å². The molecule has 0 saturated heterocycles. The van der Waals surface area contributed by atoms with E-state index >= 15 is 0 Å². The van der Waals surface area contributed by atoms with Gasteiger partial charge in [-0.2, -0.15) is 0 Å². The van der Waals surface area contributed by atoms with Crippen molar-refractivity contribution in [3.8, 4) is 5.75 Å². The van der Waals surface area contributed by atoms with E-state index in [1.54, 1.807) is 13.3 Å². The first-order chi connectivity index (χ1) is 7.81. The van der Waals surface area contributed by atoms with Crippen LogP contribution in [0.2, 0.25) is 0 Å². The molecule has 2 rings (SSSR count). The van der Waals surface area contributed by atoms with Gasteiger partial charge in [-0.05, 0) is 29.8 Å². The summed E-state index contributed by atoms with van der Waals surface area (Å²) in [6.45, 7) is 0. The van der Waals surface area contributed by atoms with Gasteiger partial charge in [-0.15, -0.1) is 24.8 Å². The number of ether oxygens (including phenoxy) is 1. The first kappa shape index (κ1) is 16.7. The molecular formula is C13H16Cl2N2O. The Labute approximate surface area is 119 Å². The van der Waals surface area contributed by atoms with E-state index in [1.165, 1.54) is 0 Å². The number of methoxy groups -OCH3 is 1. The third-order valence-electron chi connectivity index (χ3n) is 2.46. The molecule has 18 heavy (non-hydrogen) atoms. The smallest absolute Gasteiger partial charge is 0.119 e. The lowest BCUT2D eigenvalue weighted by Crippen LogP contribution is -2.13. The average molecular weight is 287 g/mol. The Kier molecular flexibility index (Phi) is 7.36. The SMILES string of the molecule is COc1cccc(C(N)c2ccccn2)c1.Cl.Cl. The molecule has 2 N–H and O–H groups in total. The molecule has 1 heterocycles. The Balaban J connectivity index is 0.00000144. The summed E-state index contributed by atoms with van der Waals surface area (Å²) in [6, 6.07) is 13.2. The van der Waals surface area contributed by atoms with Gasteiger partial charge in [0, 0.05) is 6.20 Å². The van der Waals surface area contributed by atoms with Gasteiger partial charge in [-0.1, -0.05) is 18.2 Å². The van der Waals surface area contributed by atoms with Crippen LogP contribution in [-0.4, -0.2) is 12.1 Å². The van der Waals surface area contributed by atoms with E-state index < -0.39 is 0 Å². The fraction of sp³-hybridized carbons (Fsp3) is 0.154. The van der Waals surface area contributed by atoms with Crippen molar-refractivity contribution in [2.75, 3.05) is 7.11 Å². The Bertz CT molecular complexity index is 466. The lowest BCUT2D eigenvalue weighted by molar-refractivity contribution is 0.414. The summed E-state index contributed by atoms with van der Waals surface area (Å²) in [5.74, 6) is 0.809. The van der Waals surface area contributed by atoms with Gasteiger partial charge >= 0.3 is 0 Å². The molecule has 0 radical (unpaired) electrons. The highest BCUT2D eigenvalue weighted by atomic mass is 35.5. The number of aromatic nitrogens is 1. The Morgan fingerprint density at radius 3 is 2.50 bits per heavy atom. The fourth-order valence-corrected chi connectivity index (χ4v) is 1.57. The summed E-state index contributed by atoms with van der Waals surface area (Å²) in [5.41, 5.74) is 7.98. The predicted molar refractivity (Wildman–Crippen MR) is 77.8 cm³/mol. The first-order valence-electron chi connectivity index (χ1n) is 5.11. The third-order valence-corrected chi connectivity index (χ3v) is 2.46. The van der Waals surface area contributed by atoms with Gasteiger partial charge in [0.2, 0.25) is 0 Å². The molecule has 1 aromatic heterocycles. The summed E-state index contributed by atoms with van der Waals surface area (Å²) in [4.78, 5) is 4.24. The van der Waals surface area contributed by atoms with Crippen molar-refractivity contribution in [3.05, 3.63) is 59.9 Å². The molecule has 1 unspecified atom stereocenters. The zero-order valence-corrected chi connectivity index (χ0v) is 11.6. The van der Waals surface area contributed by atoms with E-state index in [9.17, 15) is 0 Å². The second-order valence-corrected chi connectivity index (χ2v) is 3.51. The van der Waals surface area contributed by atoms with Gasteiger partial charge in [0.15, 0.2) is 0 Å². The number of hydrogen-bond donors (Lipinski definition) is 1. The van der Waals surface area contributed by atoms with Crippen LogP contribution in [0.5, 0.6) is 5.75 Å². The molecule has 0 bridgehead atoms. The lowest BCUT2D eigenvalue weighted by Gasteiger charge is -2.12. The van der Waals surface area contributed by atoms with Gasteiger partial charge in [-0.25, -0.2) is 0 Å². The highest BCUT2D eigenvalue weighted by Crippen LogP contribution is 2.21. The van der Waals surface area contributed by atoms with Crippen molar-refractivity contribution in [1.82, 2.24) is 4.98 Å². The van der Waals surface area contributed by atoms with Crippen LogP contribution >= 0.6 is 24.8 Å². The molecule has 5 heteroatoms. The average Bonchev–Trinajstić information content (AvgIpc) is 2.39. The molecule has 0 amide bonds. The van der Waals surface area contributed by atoms with Crippen LogP contribution in [-0.2, 0) is 0 Å². The predicted octanol–water partition coefficient (Wildman–Crippen LogP) is 2.98. The van der Waals surface area contributed by atoms with Crippen LogP contribution in [0.3, 0.4) is 0 Å². The molecular weight excluding hydrogens is 271 g/mol. The summed E-state index contributed by atoms with van der Waals surface area (Å²) >= 11 is 0. The fourth-order valence-electron chi connectivity index (χ4n) is 1.57. The molecule has 1 aromatic carbocycles. The van der Waals surface area contributed by atoms with Gasteiger partial charge in [-0.3, -0.25) is 4.98 Å². The van der Waals surface area contributed by atoms with E-state index in [0.29, 0.717) is 0 Å². The molecule has 0 spiro atoms. The summed E-state index contributed by atoms with van der Waals surface area (Å²) in [7, 11) is 1.64. The number of nitrogens with two attached hydrogens (primary N) is 1. The Morgan fingerprint density at radius 1 is 1.11 bits per heavy atom. The molecule has 0 aliphatic rings. The van der Waals surface area contributed by atoms with Gasteiger partial charge in [0.1, 0.15) is 5.75 Å². The third kappa shape index (κ3) is 3.88. The second-order valence-electron chi connectivity index (χ2n) is 3.51. The number of pyridine rings is 1. The van der Waals surface area contributed by atoms with Crippen molar-refractivity contribution in [1.29, 1.82) is 0 Å². The number of nitrogens with zero attached hydrogens (tertiary/aromatic N) is 1. The molecule has 3 nitrogen and oxygen atoms in total. The zero-order chi connectivity index (χ0) is 11.4. The topological polar surface area (TPSA) is 48.1 Å². The van der Waals surface area contributed by atoms with Crippen molar-refractivity contribution in [3.63, 3.8) is 0 Å². The monoisotopic (exact) mass is 286 g/mol. The van der Waals surface area contributed by atoms with Crippen molar-refractivity contribution in [2.45, 2.75) is 6.04 Å². The largest absolute Gasteiger partial charge is 0.497 e. The number of halogens is 2. The van der Waals surface area contributed by atoms with E-state index in [0.717, 1.165) is 17.0 Å². The second kappa shape index (κ2) is 7.93. The molecule has 98 valence electrons. The summed E-state index contributed by atoms with van der Waals surface area (Å²) in [6.07, 6.45) is 1.75. The maximum Gasteiger partial charge on any atom is 0.119 e. The van der Waals surface area contributed by atoms with Crippen LogP contribution in [0.4, 0.5) is 0 Å². The van der Waals surface area contributed by atoms with Crippen molar-refractivity contribution >= 4 is 24.8 Å². The Hall–Kier alpha value is -1.29. The highest BCUT2D eigenvalue weighted by molar-refractivity contribution is 5.85. The molecule has 0 fully saturated rings. The van der Waals surface area contributed by atoms with Gasteiger partial charge in [0.25, 0.3) is 0 Å². The maximum absolute atomic E-state index is 6.12. The van der Waals surface area contributed by atoms with Gasteiger partial charge < -0.3 is 10.5 Å². The standard InChI is InChI=1S/C13H14N2O.2ClH/c1-16-11-6-4-5-10(9-11)13(14)12-7-2-3-8-15-12;;/h2-9,13H,14H2,1H3;2*1H. The van der Waals surface area contributed by atoms with Crippen molar-refractivity contribution in [2.24, 2.45) is 5.73 Å². The van der Waals surface area contributed by atoms with E-state index in [4.69, 9.17) is 10.5 Å². The maximum atomic E-state index is 6.12. The van der Waals surface area contributed by atoms with E-state index in [1.807, 2.05) is 42.5 Å². The highest BCUT2D eigenvalue weighted by Gasteiger charge is 2.09.